The first-order valence-corrected chi connectivity index (χ1v) is 7.20. The van der Waals surface area contributed by atoms with Crippen molar-refractivity contribution >= 4 is 0 Å². The second-order valence-corrected chi connectivity index (χ2v) is 5.40. The third-order valence-electron chi connectivity index (χ3n) is 3.71. The van der Waals surface area contributed by atoms with Crippen LogP contribution in [0.4, 0.5) is 0 Å². The SMILES string of the molecule is CCNC(CCc1cnn(C)c1)C1CN(C)CCO1. The summed E-state index contributed by atoms with van der Waals surface area (Å²) in [5.74, 6) is 0. The lowest BCUT2D eigenvalue weighted by Gasteiger charge is -2.35. The molecule has 108 valence electrons. The summed E-state index contributed by atoms with van der Waals surface area (Å²) in [6.07, 6.45) is 6.50. The molecule has 0 amide bonds. The number of likely N-dealkylation sites (N-methyl/N-ethyl adjacent to an activating group) is 2. The molecule has 5 nitrogen and oxygen atoms in total. The number of ether oxygens (including phenoxy) is 1. The lowest BCUT2D eigenvalue weighted by atomic mass is 10.0. The maximum absolute atomic E-state index is 5.93. The van der Waals surface area contributed by atoms with Crippen LogP contribution in [-0.2, 0) is 18.2 Å². The van der Waals surface area contributed by atoms with Crippen molar-refractivity contribution in [2.45, 2.75) is 31.9 Å². The van der Waals surface area contributed by atoms with Crippen LogP contribution < -0.4 is 5.32 Å². The zero-order valence-corrected chi connectivity index (χ0v) is 12.3. The highest BCUT2D eigenvalue weighted by molar-refractivity contribution is 5.04. The van der Waals surface area contributed by atoms with E-state index in [4.69, 9.17) is 4.74 Å². The van der Waals surface area contributed by atoms with Gasteiger partial charge in [0, 0.05) is 32.4 Å². The molecular weight excluding hydrogens is 240 g/mol. The summed E-state index contributed by atoms with van der Waals surface area (Å²) in [7, 11) is 4.13. The molecule has 2 rings (SSSR count). The van der Waals surface area contributed by atoms with Crippen molar-refractivity contribution in [3.05, 3.63) is 18.0 Å². The average molecular weight is 266 g/mol. The molecule has 1 aromatic rings. The lowest BCUT2D eigenvalue weighted by molar-refractivity contribution is -0.0395. The van der Waals surface area contributed by atoms with Gasteiger partial charge in [-0.15, -0.1) is 0 Å². The Morgan fingerprint density at radius 1 is 1.53 bits per heavy atom. The minimum Gasteiger partial charge on any atom is -0.374 e. The molecule has 2 unspecified atom stereocenters. The Morgan fingerprint density at radius 3 is 3.00 bits per heavy atom. The van der Waals surface area contributed by atoms with Gasteiger partial charge in [0.15, 0.2) is 0 Å². The standard InChI is InChI=1S/C14H26N4O/c1-4-15-13(14-11-17(2)7-8-19-14)6-5-12-9-16-18(3)10-12/h9-10,13-15H,4-8,11H2,1-3H3. The van der Waals surface area contributed by atoms with Gasteiger partial charge in [0.25, 0.3) is 0 Å². The molecule has 0 spiro atoms. The lowest BCUT2D eigenvalue weighted by Crippen LogP contribution is -2.51. The van der Waals surface area contributed by atoms with Gasteiger partial charge < -0.3 is 15.0 Å². The van der Waals surface area contributed by atoms with Crippen LogP contribution >= 0.6 is 0 Å². The van der Waals surface area contributed by atoms with Crippen LogP contribution in [0.1, 0.15) is 18.9 Å². The number of hydrogen-bond acceptors (Lipinski definition) is 4. The van der Waals surface area contributed by atoms with Crippen LogP contribution in [0.25, 0.3) is 0 Å². The molecule has 2 heterocycles. The van der Waals surface area contributed by atoms with E-state index in [1.807, 2.05) is 17.9 Å². The Balaban J connectivity index is 1.88. The third kappa shape index (κ3) is 4.30. The zero-order valence-electron chi connectivity index (χ0n) is 12.3. The zero-order chi connectivity index (χ0) is 13.7. The van der Waals surface area contributed by atoms with E-state index in [0.717, 1.165) is 39.1 Å². The van der Waals surface area contributed by atoms with Crippen LogP contribution in [0.2, 0.25) is 0 Å². The van der Waals surface area contributed by atoms with Crippen LogP contribution in [-0.4, -0.2) is 60.1 Å². The van der Waals surface area contributed by atoms with E-state index < -0.39 is 0 Å². The average Bonchev–Trinajstić information content (AvgIpc) is 2.80. The molecule has 1 fully saturated rings. The Morgan fingerprint density at radius 2 is 2.37 bits per heavy atom. The topological polar surface area (TPSA) is 42.3 Å². The van der Waals surface area contributed by atoms with Gasteiger partial charge >= 0.3 is 0 Å². The minimum absolute atomic E-state index is 0.301. The number of morpholine rings is 1. The number of aromatic nitrogens is 2. The van der Waals surface area contributed by atoms with Crippen molar-refractivity contribution in [3.63, 3.8) is 0 Å². The highest BCUT2D eigenvalue weighted by Crippen LogP contribution is 2.13. The molecule has 1 aromatic heterocycles. The molecule has 1 N–H and O–H groups in total. The fraction of sp³-hybridized carbons (Fsp3) is 0.786. The van der Waals surface area contributed by atoms with Gasteiger partial charge in [-0.05, 0) is 32.0 Å². The highest BCUT2D eigenvalue weighted by atomic mass is 16.5. The largest absolute Gasteiger partial charge is 0.374 e. The monoisotopic (exact) mass is 266 g/mol. The first-order chi connectivity index (χ1) is 9.19. The van der Waals surface area contributed by atoms with Gasteiger partial charge in [-0.2, -0.15) is 5.10 Å². The summed E-state index contributed by atoms with van der Waals surface area (Å²) in [5, 5.41) is 7.79. The van der Waals surface area contributed by atoms with Crippen molar-refractivity contribution in [1.29, 1.82) is 0 Å². The van der Waals surface area contributed by atoms with Crippen LogP contribution in [0.5, 0.6) is 0 Å². The molecule has 0 radical (unpaired) electrons. The quantitative estimate of drug-likeness (QED) is 0.821. The van der Waals surface area contributed by atoms with Crippen molar-refractivity contribution < 1.29 is 4.74 Å². The van der Waals surface area contributed by atoms with Gasteiger partial charge in [-0.1, -0.05) is 6.92 Å². The Bertz CT molecular complexity index is 379. The van der Waals surface area contributed by atoms with Gasteiger partial charge in [0.2, 0.25) is 0 Å². The van der Waals surface area contributed by atoms with Crippen molar-refractivity contribution in [1.82, 2.24) is 20.0 Å². The van der Waals surface area contributed by atoms with Gasteiger partial charge in [-0.3, -0.25) is 4.68 Å². The highest BCUT2D eigenvalue weighted by Gasteiger charge is 2.25. The van der Waals surface area contributed by atoms with Gasteiger partial charge in [-0.25, -0.2) is 0 Å². The molecule has 1 aliphatic heterocycles. The van der Waals surface area contributed by atoms with E-state index in [1.54, 1.807) is 0 Å². The number of aryl methyl sites for hydroxylation is 2. The first-order valence-electron chi connectivity index (χ1n) is 7.20. The summed E-state index contributed by atoms with van der Waals surface area (Å²) in [6.45, 7) is 6.05. The van der Waals surface area contributed by atoms with Crippen LogP contribution in [0, 0.1) is 0 Å². The normalized spacial score (nSPS) is 22.6. The maximum atomic E-state index is 5.93. The summed E-state index contributed by atoms with van der Waals surface area (Å²) in [6, 6.07) is 0.424. The molecule has 5 heteroatoms. The van der Waals surface area contributed by atoms with E-state index in [-0.39, 0.29) is 0 Å². The van der Waals surface area contributed by atoms with E-state index >= 15 is 0 Å². The second-order valence-electron chi connectivity index (χ2n) is 5.40. The minimum atomic E-state index is 0.301. The molecule has 1 saturated heterocycles. The van der Waals surface area contributed by atoms with E-state index in [2.05, 4.69) is 35.5 Å². The molecule has 0 aliphatic carbocycles. The molecule has 2 atom stereocenters. The van der Waals surface area contributed by atoms with Crippen molar-refractivity contribution in [2.75, 3.05) is 33.3 Å². The number of hydrogen-bond donors (Lipinski definition) is 1. The molecule has 0 saturated carbocycles. The van der Waals surface area contributed by atoms with Crippen molar-refractivity contribution in [2.24, 2.45) is 7.05 Å². The fourth-order valence-corrected chi connectivity index (χ4v) is 2.66. The molecule has 1 aliphatic rings. The predicted octanol–water partition coefficient (Wildman–Crippen LogP) is 0.661. The van der Waals surface area contributed by atoms with Crippen LogP contribution in [0.15, 0.2) is 12.4 Å². The second kappa shape index (κ2) is 7.03. The smallest absolute Gasteiger partial charge is 0.0855 e. The van der Waals surface area contributed by atoms with Crippen LogP contribution in [0.3, 0.4) is 0 Å². The summed E-state index contributed by atoms with van der Waals surface area (Å²) < 4.78 is 7.80. The summed E-state index contributed by atoms with van der Waals surface area (Å²) in [4.78, 5) is 2.35. The molecule has 0 aromatic carbocycles. The fourth-order valence-electron chi connectivity index (χ4n) is 2.66. The third-order valence-corrected chi connectivity index (χ3v) is 3.71. The summed E-state index contributed by atoms with van der Waals surface area (Å²) >= 11 is 0. The van der Waals surface area contributed by atoms with Gasteiger partial charge in [0.05, 0.1) is 18.9 Å². The maximum Gasteiger partial charge on any atom is 0.0855 e. The van der Waals surface area contributed by atoms with E-state index in [9.17, 15) is 0 Å². The molecular formula is C14H26N4O. The first kappa shape index (κ1) is 14.5. The Kier molecular flexibility index (Phi) is 5.36. The summed E-state index contributed by atoms with van der Waals surface area (Å²) in [5.41, 5.74) is 1.30. The number of nitrogens with zero attached hydrogens (tertiary/aromatic N) is 3. The number of rotatable bonds is 6. The van der Waals surface area contributed by atoms with Crippen molar-refractivity contribution in [3.8, 4) is 0 Å². The molecule has 19 heavy (non-hydrogen) atoms. The van der Waals surface area contributed by atoms with E-state index in [0.29, 0.717) is 12.1 Å². The van der Waals surface area contributed by atoms with E-state index in [1.165, 1.54) is 5.56 Å². The number of nitrogens with one attached hydrogen (secondary N) is 1. The predicted molar refractivity (Wildman–Crippen MR) is 76.2 cm³/mol. The molecule has 0 bridgehead atoms. The Labute approximate surface area is 115 Å². The Hall–Kier alpha value is -0.910. The van der Waals surface area contributed by atoms with Gasteiger partial charge in [0.1, 0.15) is 0 Å².